The lowest BCUT2D eigenvalue weighted by Crippen LogP contribution is -2.26. The highest BCUT2D eigenvalue weighted by atomic mass is 16.3. The second kappa shape index (κ2) is 5.87. The lowest BCUT2D eigenvalue weighted by Gasteiger charge is -2.10. The third-order valence-electron chi connectivity index (χ3n) is 3.43. The number of fused-ring (bicyclic) bond motifs is 1. The summed E-state index contributed by atoms with van der Waals surface area (Å²) in [5.74, 6) is 1.57. The van der Waals surface area contributed by atoms with E-state index in [0.29, 0.717) is 12.8 Å². The van der Waals surface area contributed by atoms with Gasteiger partial charge in [-0.25, -0.2) is 0 Å². The number of carbonyl (C=O) groups is 1. The van der Waals surface area contributed by atoms with Crippen molar-refractivity contribution in [2.75, 3.05) is 0 Å². The first-order chi connectivity index (χ1) is 10.2. The third kappa shape index (κ3) is 3.16. The average molecular weight is 283 g/mol. The molecule has 1 N–H and O–H groups in total. The van der Waals surface area contributed by atoms with Crippen LogP contribution >= 0.6 is 0 Å². The van der Waals surface area contributed by atoms with Crippen molar-refractivity contribution < 1.29 is 13.6 Å². The molecule has 0 aliphatic rings. The van der Waals surface area contributed by atoms with E-state index in [4.69, 9.17) is 8.83 Å². The highest BCUT2D eigenvalue weighted by Crippen LogP contribution is 2.23. The van der Waals surface area contributed by atoms with Crippen molar-refractivity contribution in [3.63, 3.8) is 0 Å². The summed E-state index contributed by atoms with van der Waals surface area (Å²) >= 11 is 0. The molecule has 0 saturated heterocycles. The van der Waals surface area contributed by atoms with Gasteiger partial charge in [0.05, 0.1) is 12.3 Å². The number of benzene rings is 1. The molecule has 1 unspecified atom stereocenters. The average Bonchev–Trinajstić information content (AvgIpc) is 3.14. The van der Waals surface area contributed by atoms with Gasteiger partial charge in [0, 0.05) is 18.2 Å². The predicted molar refractivity (Wildman–Crippen MR) is 79.8 cm³/mol. The fourth-order valence-electron chi connectivity index (χ4n) is 2.29. The van der Waals surface area contributed by atoms with Crippen LogP contribution in [0.4, 0.5) is 0 Å². The number of furan rings is 2. The Morgan fingerprint density at radius 2 is 2.10 bits per heavy atom. The lowest BCUT2D eigenvalue weighted by molar-refractivity contribution is -0.121. The van der Waals surface area contributed by atoms with Gasteiger partial charge in [-0.1, -0.05) is 18.2 Å². The summed E-state index contributed by atoms with van der Waals surface area (Å²) < 4.78 is 11.0. The summed E-state index contributed by atoms with van der Waals surface area (Å²) in [4.78, 5) is 11.9. The van der Waals surface area contributed by atoms with E-state index in [9.17, 15) is 4.79 Å². The third-order valence-corrected chi connectivity index (χ3v) is 3.43. The Morgan fingerprint density at radius 1 is 1.24 bits per heavy atom. The Bertz CT molecular complexity index is 694. The van der Waals surface area contributed by atoms with Gasteiger partial charge in [0.2, 0.25) is 5.91 Å². The Kier molecular flexibility index (Phi) is 3.77. The minimum atomic E-state index is -0.151. The summed E-state index contributed by atoms with van der Waals surface area (Å²) in [6.45, 7) is 1.92. The maximum Gasteiger partial charge on any atom is 0.221 e. The van der Waals surface area contributed by atoms with Crippen LogP contribution in [0.5, 0.6) is 0 Å². The van der Waals surface area contributed by atoms with Crippen LogP contribution < -0.4 is 5.32 Å². The van der Waals surface area contributed by atoms with Gasteiger partial charge >= 0.3 is 0 Å². The van der Waals surface area contributed by atoms with E-state index in [-0.39, 0.29) is 11.9 Å². The SMILES string of the molecule is CC(NC(=O)CCc1ccco1)c1cc2ccccc2o1. The molecule has 3 aromatic rings. The van der Waals surface area contributed by atoms with Gasteiger partial charge < -0.3 is 14.2 Å². The van der Waals surface area contributed by atoms with E-state index in [1.165, 1.54) is 0 Å². The standard InChI is InChI=1S/C17H17NO3/c1-12(16-11-13-5-2-3-7-15(13)21-16)18-17(19)9-8-14-6-4-10-20-14/h2-7,10-12H,8-9H2,1H3,(H,18,19). The maximum absolute atomic E-state index is 11.9. The molecule has 0 aliphatic heterocycles. The largest absolute Gasteiger partial charge is 0.469 e. The number of rotatable bonds is 5. The van der Waals surface area contributed by atoms with Gasteiger partial charge in [-0.3, -0.25) is 4.79 Å². The minimum Gasteiger partial charge on any atom is -0.469 e. The van der Waals surface area contributed by atoms with Crippen LogP contribution in [0, 0.1) is 0 Å². The van der Waals surface area contributed by atoms with Crippen LogP contribution in [-0.2, 0) is 11.2 Å². The van der Waals surface area contributed by atoms with Gasteiger partial charge in [-0.2, -0.15) is 0 Å². The first kappa shape index (κ1) is 13.5. The molecule has 2 heterocycles. The zero-order valence-corrected chi connectivity index (χ0v) is 11.8. The van der Waals surface area contributed by atoms with E-state index in [1.807, 2.05) is 49.4 Å². The molecular weight excluding hydrogens is 266 g/mol. The van der Waals surface area contributed by atoms with Gasteiger partial charge in [-0.15, -0.1) is 0 Å². The lowest BCUT2D eigenvalue weighted by atomic mass is 10.2. The Morgan fingerprint density at radius 3 is 2.86 bits per heavy atom. The highest BCUT2D eigenvalue weighted by Gasteiger charge is 2.14. The van der Waals surface area contributed by atoms with E-state index in [0.717, 1.165) is 22.5 Å². The van der Waals surface area contributed by atoms with Gasteiger partial charge in [0.25, 0.3) is 0 Å². The van der Waals surface area contributed by atoms with Crippen molar-refractivity contribution >= 4 is 16.9 Å². The number of aryl methyl sites for hydroxylation is 1. The smallest absolute Gasteiger partial charge is 0.221 e. The second-order valence-corrected chi connectivity index (χ2v) is 5.06. The summed E-state index contributed by atoms with van der Waals surface area (Å²) in [5.41, 5.74) is 0.837. The van der Waals surface area contributed by atoms with Crippen LogP contribution in [0.3, 0.4) is 0 Å². The molecule has 2 aromatic heterocycles. The molecule has 0 spiro atoms. The number of amides is 1. The van der Waals surface area contributed by atoms with Gasteiger partial charge in [0.15, 0.2) is 0 Å². The van der Waals surface area contributed by atoms with E-state index in [1.54, 1.807) is 6.26 Å². The molecule has 0 saturated carbocycles. The van der Waals surface area contributed by atoms with E-state index < -0.39 is 0 Å². The van der Waals surface area contributed by atoms with Crippen LogP contribution in [0.15, 0.2) is 57.6 Å². The summed E-state index contributed by atoms with van der Waals surface area (Å²) in [7, 11) is 0. The van der Waals surface area contributed by atoms with E-state index in [2.05, 4.69) is 5.32 Å². The molecule has 0 radical (unpaired) electrons. The van der Waals surface area contributed by atoms with Crippen molar-refractivity contribution in [2.24, 2.45) is 0 Å². The van der Waals surface area contributed by atoms with Crippen molar-refractivity contribution in [3.05, 3.63) is 60.2 Å². The quantitative estimate of drug-likeness (QED) is 0.774. The molecule has 3 rings (SSSR count). The fourth-order valence-corrected chi connectivity index (χ4v) is 2.29. The van der Waals surface area contributed by atoms with E-state index >= 15 is 0 Å². The molecule has 0 aliphatic carbocycles. The van der Waals surface area contributed by atoms with Crippen LogP contribution in [0.2, 0.25) is 0 Å². The number of nitrogens with one attached hydrogen (secondary N) is 1. The van der Waals surface area contributed by atoms with Crippen LogP contribution in [-0.4, -0.2) is 5.91 Å². The Balaban J connectivity index is 1.60. The zero-order valence-electron chi connectivity index (χ0n) is 11.8. The molecule has 0 bridgehead atoms. The van der Waals surface area contributed by atoms with Crippen molar-refractivity contribution in [1.29, 1.82) is 0 Å². The summed E-state index contributed by atoms with van der Waals surface area (Å²) in [6.07, 6.45) is 2.62. The molecule has 0 fully saturated rings. The molecule has 21 heavy (non-hydrogen) atoms. The van der Waals surface area contributed by atoms with Crippen LogP contribution in [0.25, 0.3) is 11.0 Å². The molecule has 108 valence electrons. The molecule has 1 atom stereocenters. The number of para-hydroxylation sites is 1. The van der Waals surface area contributed by atoms with Crippen LogP contribution in [0.1, 0.15) is 30.9 Å². The van der Waals surface area contributed by atoms with Gasteiger partial charge in [-0.05, 0) is 31.2 Å². The van der Waals surface area contributed by atoms with Gasteiger partial charge in [0.1, 0.15) is 17.1 Å². The maximum atomic E-state index is 11.9. The molecular formula is C17H17NO3. The molecule has 4 heteroatoms. The van der Waals surface area contributed by atoms with Crippen molar-refractivity contribution in [1.82, 2.24) is 5.32 Å². The first-order valence-electron chi connectivity index (χ1n) is 7.02. The molecule has 1 aromatic carbocycles. The second-order valence-electron chi connectivity index (χ2n) is 5.06. The topological polar surface area (TPSA) is 55.4 Å². The van der Waals surface area contributed by atoms with Crippen molar-refractivity contribution in [2.45, 2.75) is 25.8 Å². The minimum absolute atomic E-state index is 0.0145. The number of hydrogen-bond acceptors (Lipinski definition) is 3. The summed E-state index contributed by atoms with van der Waals surface area (Å²) in [5, 5.41) is 3.99. The first-order valence-corrected chi connectivity index (χ1v) is 7.02. The molecule has 4 nitrogen and oxygen atoms in total. The summed E-state index contributed by atoms with van der Waals surface area (Å²) in [6, 6.07) is 13.3. The fraction of sp³-hybridized carbons (Fsp3) is 0.235. The molecule has 1 amide bonds. The predicted octanol–water partition coefficient (Wildman–Crippen LogP) is 3.84. The highest BCUT2D eigenvalue weighted by molar-refractivity contribution is 5.79. The number of hydrogen-bond donors (Lipinski definition) is 1. The Labute approximate surface area is 122 Å². The normalized spacial score (nSPS) is 12.4. The van der Waals surface area contributed by atoms with Crippen molar-refractivity contribution in [3.8, 4) is 0 Å². The zero-order chi connectivity index (χ0) is 14.7. The number of carbonyl (C=O) groups excluding carboxylic acids is 1. The Hall–Kier alpha value is -2.49. The monoisotopic (exact) mass is 283 g/mol.